The van der Waals surface area contributed by atoms with Gasteiger partial charge in [-0.15, -0.1) is 0 Å². The van der Waals surface area contributed by atoms with Crippen LogP contribution >= 0.6 is 0 Å². The number of benzene rings is 1. The van der Waals surface area contributed by atoms with Crippen molar-refractivity contribution in [1.29, 1.82) is 0 Å². The van der Waals surface area contributed by atoms with Gasteiger partial charge in [-0.3, -0.25) is 0 Å². The highest BCUT2D eigenvalue weighted by Gasteiger charge is 2.33. The third kappa shape index (κ3) is 3.39. The van der Waals surface area contributed by atoms with Crippen molar-refractivity contribution in [2.24, 2.45) is 0 Å². The van der Waals surface area contributed by atoms with Gasteiger partial charge in [0.05, 0.1) is 6.10 Å². The van der Waals surface area contributed by atoms with Gasteiger partial charge in [0.15, 0.2) is 0 Å². The molecule has 2 atom stereocenters. The van der Waals surface area contributed by atoms with Crippen LogP contribution in [0, 0.1) is 0 Å². The summed E-state index contributed by atoms with van der Waals surface area (Å²) < 4.78 is 11.5. The Morgan fingerprint density at radius 1 is 1.53 bits per heavy atom. The summed E-state index contributed by atoms with van der Waals surface area (Å²) in [6, 6.07) is 6.16. The fourth-order valence-corrected chi connectivity index (χ4v) is 2.40. The molecule has 0 saturated heterocycles. The van der Waals surface area contributed by atoms with Gasteiger partial charge in [0.25, 0.3) is 0 Å². The Bertz CT molecular complexity index is 443. The average Bonchev–Trinajstić information content (AvgIpc) is 2.33. The summed E-state index contributed by atoms with van der Waals surface area (Å²) in [6.07, 6.45) is 0.461. The SMILES string of the molecule is CNC1CC(C)(C)Oc2cc(OCC(C)O)ccc21. The molecule has 2 rings (SSSR count). The molecule has 19 heavy (non-hydrogen) atoms. The Morgan fingerprint density at radius 2 is 2.26 bits per heavy atom. The van der Waals surface area contributed by atoms with E-state index in [1.54, 1.807) is 6.92 Å². The molecular weight excluding hydrogens is 242 g/mol. The van der Waals surface area contributed by atoms with Gasteiger partial charge >= 0.3 is 0 Å². The highest BCUT2D eigenvalue weighted by molar-refractivity contribution is 5.44. The molecule has 0 spiro atoms. The van der Waals surface area contributed by atoms with Crippen LogP contribution in [0.2, 0.25) is 0 Å². The Morgan fingerprint density at radius 3 is 2.89 bits per heavy atom. The van der Waals surface area contributed by atoms with Gasteiger partial charge in [-0.1, -0.05) is 6.07 Å². The summed E-state index contributed by atoms with van der Waals surface area (Å²) in [7, 11) is 1.97. The van der Waals surface area contributed by atoms with Crippen LogP contribution in [-0.4, -0.2) is 30.5 Å². The first-order valence-electron chi connectivity index (χ1n) is 6.72. The minimum atomic E-state index is -0.474. The topological polar surface area (TPSA) is 50.7 Å². The van der Waals surface area contributed by atoms with E-state index in [1.165, 1.54) is 0 Å². The molecule has 0 aliphatic carbocycles. The zero-order valence-electron chi connectivity index (χ0n) is 12.1. The molecule has 4 nitrogen and oxygen atoms in total. The van der Waals surface area contributed by atoms with Crippen molar-refractivity contribution in [3.63, 3.8) is 0 Å². The zero-order valence-corrected chi connectivity index (χ0v) is 12.1. The largest absolute Gasteiger partial charge is 0.491 e. The lowest BCUT2D eigenvalue weighted by Crippen LogP contribution is -2.38. The minimum absolute atomic E-state index is 0.191. The van der Waals surface area contributed by atoms with Crippen LogP contribution in [0.25, 0.3) is 0 Å². The van der Waals surface area contributed by atoms with Crippen molar-refractivity contribution in [3.8, 4) is 11.5 Å². The Hall–Kier alpha value is -1.26. The van der Waals surface area contributed by atoms with Gasteiger partial charge in [-0.2, -0.15) is 0 Å². The van der Waals surface area contributed by atoms with E-state index in [1.807, 2.05) is 25.2 Å². The lowest BCUT2D eigenvalue weighted by molar-refractivity contribution is 0.0666. The molecule has 2 N–H and O–H groups in total. The molecule has 1 aliphatic rings. The smallest absolute Gasteiger partial charge is 0.128 e. The van der Waals surface area contributed by atoms with E-state index in [0.717, 1.165) is 23.5 Å². The lowest BCUT2D eigenvalue weighted by Gasteiger charge is -2.37. The number of nitrogens with one attached hydrogen (secondary N) is 1. The molecule has 0 amide bonds. The summed E-state index contributed by atoms with van der Waals surface area (Å²) in [6.45, 7) is 6.17. The molecule has 1 heterocycles. The first kappa shape index (κ1) is 14.2. The minimum Gasteiger partial charge on any atom is -0.491 e. The molecule has 1 aromatic carbocycles. The predicted octanol–water partition coefficient (Wildman–Crippen LogP) is 2.27. The number of ether oxygens (including phenoxy) is 2. The lowest BCUT2D eigenvalue weighted by atomic mass is 9.90. The highest BCUT2D eigenvalue weighted by atomic mass is 16.5. The van der Waals surface area contributed by atoms with Crippen LogP contribution in [0.3, 0.4) is 0 Å². The van der Waals surface area contributed by atoms with Gasteiger partial charge in [0.2, 0.25) is 0 Å². The van der Waals surface area contributed by atoms with Crippen molar-refractivity contribution in [2.75, 3.05) is 13.7 Å². The van der Waals surface area contributed by atoms with Crippen LogP contribution in [0.1, 0.15) is 38.8 Å². The van der Waals surface area contributed by atoms with Crippen LogP contribution in [0.4, 0.5) is 0 Å². The van der Waals surface area contributed by atoms with Gasteiger partial charge in [-0.25, -0.2) is 0 Å². The number of hydrogen-bond donors (Lipinski definition) is 2. The first-order valence-corrected chi connectivity index (χ1v) is 6.72. The average molecular weight is 265 g/mol. The molecule has 2 unspecified atom stereocenters. The fraction of sp³-hybridized carbons (Fsp3) is 0.600. The van der Waals surface area contributed by atoms with Crippen LogP contribution in [-0.2, 0) is 0 Å². The fourth-order valence-electron chi connectivity index (χ4n) is 2.40. The predicted molar refractivity (Wildman–Crippen MR) is 74.7 cm³/mol. The van der Waals surface area contributed by atoms with Crippen molar-refractivity contribution in [1.82, 2.24) is 5.32 Å². The Balaban J connectivity index is 2.23. The van der Waals surface area contributed by atoms with E-state index in [9.17, 15) is 5.11 Å². The molecule has 0 aromatic heterocycles. The molecule has 4 heteroatoms. The first-order chi connectivity index (χ1) is 8.91. The van der Waals surface area contributed by atoms with E-state index in [0.29, 0.717) is 6.04 Å². The maximum Gasteiger partial charge on any atom is 0.128 e. The quantitative estimate of drug-likeness (QED) is 0.877. The number of fused-ring (bicyclic) bond motifs is 1. The summed E-state index contributed by atoms with van der Waals surface area (Å²) in [4.78, 5) is 0. The van der Waals surface area contributed by atoms with Crippen LogP contribution < -0.4 is 14.8 Å². The maximum atomic E-state index is 9.25. The monoisotopic (exact) mass is 265 g/mol. The number of aliphatic hydroxyl groups is 1. The highest BCUT2D eigenvalue weighted by Crippen LogP contribution is 2.40. The van der Waals surface area contributed by atoms with Gasteiger partial charge < -0.3 is 19.9 Å². The summed E-state index contributed by atoms with van der Waals surface area (Å²) in [5.74, 6) is 1.59. The number of hydrogen-bond acceptors (Lipinski definition) is 4. The van der Waals surface area contributed by atoms with E-state index in [-0.39, 0.29) is 12.2 Å². The van der Waals surface area contributed by atoms with Crippen LogP contribution in [0.15, 0.2) is 18.2 Å². The van der Waals surface area contributed by atoms with Crippen LogP contribution in [0.5, 0.6) is 11.5 Å². The van der Waals surface area contributed by atoms with Crippen molar-refractivity contribution in [2.45, 2.75) is 44.9 Å². The molecule has 0 bridgehead atoms. The molecule has 106 valence electrons. The van der Waals surface area contributed by atoms with Gasteiger partial charge in [0.1, 0.15) is 23.7 Å². The van der Waals surface area contributed by atoms with E-state index in [2.05, 4.69) is 19.2 Å². The number of rotatable bonds is 4. The Kier molecular flexibility index (Phi) is 4.02. The summed E-state index contributed by atoms with van der Waals surface area (Å²) >= 11 is 0. The van der Waals surface area contributed by atoms with Crippen molar-refractivity contribution >= 4 is 0 Å². The maximum absolute atomic E-state index is 9.25. The third-order valence-electron chi connectivity index (χ3n) is 3.28. The van der Waals surface area contributed by atoms with Crippen molar-refractivity contribution < 1.29 is 14.6 Å². The van der Waals surface area contributed by atoms with E-state index >= 15 is 0 Å². The molecule has 0 radical (unpaired) electrons. The number of aliphatic hydroxyl groups excluding tert-OH is 1. The molecule has 1 aliphatic heterocycles. The van der Waals surface area contributed by atoms with E-state index in [4.69, 9.17) is 9.47 Å². The second kappa shape index (κ2) is 5.39. The molecule has 1 aromatic rings. The summed E-state index contributed by atoms with van der Waals surface area (Å²) in [5, 5.41) is 12.6. The second-order valence-corrected chi connectivity index (χ2v) is 5.77. The zero-order chi connectivity index (χ0) is 14.0. The molecule has 0 saturated carbocycles. The Labute approximate surface area is 114 Å². The van der Waals surface area contributed by atoms with Gasteiger partial charge in [-0.05, 0) is 33.9 Å². The molecule has 0 fully saturated rings. The third-order valence-corrected chi connectivity index (χ3v) is 3.28. The normalized spacial score (nSPS) is 22.3. The van der Waals surface area contributed by atoms with E-state index < -0.39 is 6.10 Å². The second-order valence-electron chi connectivity index (χ2n) is 5.77. The molecular formula is C15H23NO3. The standard InChI is InChI=1S/C15H23NO3/c1-10(17)9-18-11-5-6-12-13(16-4)8-15(2,3)19-14(12)7-11/h5-7,10,13,16-17H,8-9H2,1-4H3. The van der Waals surface area contributed by atoms with Crippen molar-refractivity contribution in [3.05, 3.63) is 23.8 Å². The van der Waals surface area contributed by atoms with Gasteiger partial charge in [0, 0.05) is 24.1 Å². The summed E-state index contributed by atoms with van der Waals surface area (Å²) in [5.41, 5.74) is 0.968.